The van der Waals surface area contributed by atoms with Gasteiger partial charge >= 0.3 is 0 Å². The molecule has 3 aromatic carbocycles. The largest absolute Gasteiger partial charge is 0.451 e. The zero-order valence-corrected chi connectivity index (χ0v) is 18.1. The van der Waals surface area contributed by atoms with Crippen LogP contribution < -0.4 is 16.0 Å². The van der Waals surface area contributed by atoms with Crippen LogP contribution in [0.4, 0.5) is 11.4 Å². The Kier molecular flexibility index (Phi) is 6.50. The van der Waals surface area contributed by atoms with Gasteiger partial charge in [-0.05, 0) is 61.0 Å². The van der Waals surface area contributed by atoms with Gasteiger partial charge in [0.2, 0.25) is 5.91 Å². The molecule has 0 radical (unpaired) electrons. The lowest BCUT2D eigenvalue weighted by atomic mass is 10.1. The van der Waals surface area contributed by atoms with Crippen molar-refractivity contribution in [2.24, 2.45) is 0 Å². The summed E-state index contributed by atoms with van der Waals surface area (Å²) in [6, 6.07) is 22.9. The van der Waals surface area contributed by atoms with Crippen LogP contribution in [0.3, 0.4) is 0 Å². The van der Waals surface area contributed by atoms with Gasteiger partial charge in [0.1, 0.15) is 5.58 Å². The molecule has 1 heterocycles. The molecule has 4 rings (SSSR count). The summed E-state index contributed by atoms with van der Waals surface area (Å²) in [6.07, 6.45) is 0.176. The van der Waals surface area contributed by atoms with Gasteiger partial charge in [0.15, 0.2) is 5.76 Å². The number of hydrogen-bond donors (Lipinski definition) is 3. The highest BCUT2D eigenvalue weighted by Crippen LogP contribution is 2.20. The summed E-state index contributed by atoms with van der Waals surface area (Å²) in [5.41, 5.74) is 3.21. The number of furan rings is 1. The predicted molar refractivity (Wildman–Crippen MR) is 127 cm³/mol. The summed E-state index contributed by atoms with van der Waals surface area (Å²) in [6.45, 7) is 2.41. The first-order valence-corrected chi connectivity index (χ1v) is 10.6. The molecule has 0 spiro atoms. The summed E-state index contributed by atoms with van der Waals surface area (Å²) >= 11 is 0. The Morgan fingerprint density at radius 1 is 0.788 bits per heavy atom. The first kappa shape index (κ1) is 21.8. The molecule has 0 fully saturated rings. The maximum atomic E-state index is 12.5. The zero-order valence-electron chi connectivity index (χ0n) is 18.1. The summed E-state index contributed by atoms with van der Waals surface area (Å²) in [7, 11) is 0. The predicted octanol–water partition coefficient (Wildman–Crippen LogP) is 4.62. The Labute approximate surface area is 190 Å². The molecule has 0 bridgehead atoms. The van der Waals surface area contributed by atoms with Crippen molar-refractivity contribution in [2.45, 2.75) is 13.3 Å². The Morgan fingerprint density at radius 3 is 2.15 bits per heavy atom. The lowest BCUT2D eigenvalue weighted by Crippen LogP contribution is -2.22. The molecule has 0 saturated heterocycles. The molecule has 1 aromatic heterocycles. The van der Waals surface area contributed by atoms with E-state index in [1.807, 2.05) is 31.2 Å². The van der Waals surface area contributed by atoms with E-state index < -0.39 is 0 Å². The standard InChI is InChI=1S/C26H23N3O4/c1-2-27-25(31)18-9-13-20(14-10-18)28-24(30)15-17-7-11-21(12-8-17)29-26(32)23-16-19-5-3-4-6-22(19)33-23/h3-14,16H,2,15H2,1H3,(H,27,31)(H,28,30)(H,29,32). The van der Waals surface area contributed by atoms with E-state index >= 15 is 0 Å². The molecule has 4 aromatic rings. The quantitative estimate of drug-likeness (QED) is 0.390. The van der Waals surface area contributed by atoms with Gasteiger partial charge in [-0.25, -0.2) is 0 Å². The number of amides is 3. The monoisotopic (exact) mass is 441 g/mol. The van der Waals surface area contributed by atoms with E-state index in [-0.39, 0.29) is 29.9 Å². The van der Waals surface area contributed by atoms with Crippen LogP contribution in [-0.2, 0) is 11.2 Å². The van der Waals surface area contributed by atoms with Gasteiger partial charge in [-0.1, -0.05) is 30.3 Å². The molecule has 166 valence electrons. The second-order valence-corrected chi connectivity index (χ2v) is 7.46. The topological polar surface area (TPSA) is 100 Å². The molecular weight excluding hydrogens is 418 g/mol. The van der Waals surface area contributed by atoms with Crippen LogP contribution in [0.15, 0.2) is 83.3 Å². The summed E-state index contributed by atoms with van der Waals surface area (Å²) in [5.74, 6) is -0.437. The Balaban J connectivity index is 1.32. The van der Waals surface area contributed by atoms with E-state index in [1.54, 1.807) is 54.6 Å². The zero-order chi connectivity index (χ0) is 23.2. The van der Waals surface area contributed by atoms with Gasteiger partial charge in [0, 0.05) is 28.9 Å². The van der Waals surface area contributed by atoms with Crippen molar-refractivity contribution in [3.63, 3.8) is 0 Å². The lowest BCUT2D eigenvalue weighted by Gasteiger charge is -2.08. The van der Waals surface area contributed by atoms with E-state index in [4.69, 9.17) is 4.42 Å². The molecule has 3 amide bonds. The third kappa shape index (κ3) is 5.46. The molecule has 7 nitrogen and oxygen atoms in total. The van der Waals surface area contributed by atoms with Gasteiger partial charge in [-0.15, -0.1) is 0 Å². The van der Waals surface area contributed by atoms with Gasteiger partial charge in [0.05, 0.1) is 6.42 Å². The first-order chi connectivity index (χ1) is 16.0. The van der Waals surface area contributed by atoms with Crippen LogP contribution in [0.2, 0.25) is 0 Å². The van der Waals surface area contributed by atoms with Crippen molar-refractivity contribution in [1.29, 1.82) is 0 Å². The van der Waals surface area contributed by atoms with Crippen LogP contribution in [0, 0.1) is 0 Å². The normalized spacial score (nSPS) is 10.6. The number of fused-ring (bicyclic) bond motifs is 1. The molecule has 33 heavy (non-hydrogen) atoms. The van der Waals surface area contributed by atoms with Gasteiger partial charge < -0.3 is 20.4 Å². The minimum Gasteiger partial charge on any atom is -0.451 e. The minimum absolute atomic E-state index is 0.150. The average Bonchev–Trinajstić information content (AvgIpc) is 3.25. The van der Waals surface area contributed by atoms with Crippen LogP contribution >= 0.6 is 0 Å². The van der Waals surface area contributed by atoms with E-state index in [2.05, 4.69) is 16.0 Å². The maximum absolute atomic E-state index is 12.5. The Morgan fingerprint density at radius 2 is 1.45 bits per heavy atom. The molecule has 0 unspecified atom stereocenters. The third-order valence-corrected chi connectivity index (χ3v) is 4.99. The number of hydrogen-bond acceptors (Lipinski definition) is 4. The minimum atomic E-state index is -0.340. The second-order valence-electron chi connectivity index (χ2n) is 7.46. The van der Waals surface area contributed by atoms with Crippen molar-refractivity contribution < 1.29 is 18.8 Å². The number of benzene rings is 3. The van der Waals surface area contributed by atoms with E-state index in [0.717, 1.165) is 10.9 Å². The highest BCUT2D eigenvalue weighted by atomic mass is 16.3. The number of nitrogens with one attached hydrogen (secondary N) is 3. The lowest BCUT2D eigenvalue weighted by molar-refractivity contribution is -0.115. The molecule has 7 heteroatoms. The van der Waals surface area contributed by atoms with Crippen molar-refractivity contribution >= 4 is 40.1 Å². The van der Waals surface area contributed by atoms with E-state index in [0.29, 0.717) is 29.1 Å². The SMILES string of the molecule is CCNC(=O)c1ccc(NC(=O)Cc2ccc(NC(=O)c3cc4ccccc4o3)cc2)cc1. The molecule has 3 N–H and O–H groups in total. The Hall–Kier alpha value is -4.39. The van der Waals surface area contributed by atoms with E-state index in [9.17, 15) is 14.4 Å². The molecule has 0 aliphatic rings. The fourth-order valence-electron chi connectivity index (χ4n) is 3.35. The molecule has 0 saturated carbocycles. The average molecular weight is 441 g/mol. The van der Waals surface area contributed by atoms with Crippen LogP contribution in [0.1, 0.15) is 33.4 Å². The van der Waals surface area contributed by atoms with Crippen molar-refractivity contribution in [3.05, 3.63) is 95.7 Å². The number of anilines is 2. The smallest absolute Gasteiger partial charge is 0.291 e. The van der Waals surface area contributed by atoms with Gasteiger partial charge in [0.25, 0.3) is 11.8 Å². The third-order valence-electron chi connectivity index (χ3n) is 4.99. The Bertz CT molecular complexity index is 1260. The number of para-hydroxylation sites is 1. The molecule has 0 aliphatic heterocycles. The van der Waals surface area contributed by atoms with Gasteiger partial charge in [-0.2, -0.15) is 0 Å². The molecule has 0 atom stereocenters. The summed E-state index contributed by atoms with van der Waals surface area (Å²) in [4.78, 5) is 36.6. The van der Waals surface area contributed by atoms with Gasteiger partial charge in [-0.3, -0.25) is 14.4 Å². The second kappa shape index (κ2) is 9.82. The van der Waals surface area contributed by atoms with Crippen LogP contribution in [0.5, 0.6) is 0 Å². The van der Waals surface area contributed by atoms with Crippen molar-refractivity contribution in [2.75, 3.05) is 17.2 Å². The number of rotatable bonds is 7. The van der Waals surface area contributed by atoms with Crippen molar-refractivity contribution in [1.82, 2.24) is 5.32 Å². The fraction of sp³-hybridized carbons (Fsp3) is 0.115. The number of carbonyl (C=O) groups excluding carboxylic acids is 3. The molecular formula is C26H23N3O4. The van der Waals surface area contributed by atoms with Crippen LogP contribution in [-0.4, -0.2) is 24.3 Å². The first-order valence-electron chi connectivity index (χ1n) is 10.6. The fourth-order valence-corrected chi connectivity index (χ4v) is 3.35. The summed E-state index contributed by atoms with van der Waals surface area (Å²) in [5, 5.41) is 9.21. The van der Waals surface area contributed by atoms with E-state index in [1.165, 1.54) is 0 Å². The highest BCUT2D eigenvalue weighted by molar-refractivity contribution is 6.04. The summed E-state index contributed by atoms with van der Waals surface area (Å²) < 4.78 is 5.58. The highest BCUT2D eigenvalue weighted by Gasteiger charge is 2.13. The van der Waals surface area contributed by atoms with Crippen LogP contribution in [0.25, 0.3) is 11.0 Å². The maximum Gasteiger partial charge on any atom is 0.291 e. The van der Waals surface area contributed by atoms with Crippen molar-refractivity contribution in [3.8, 4) is 0 Å². The molecule has 0 aliphatic carbocycles. The number of carbonyl (C=O) groups is 3.